The molecule has 0 radical (unpaired) electrons. The molecule has 4 rings (SSSR count). The van der Waals surface area contributed by atoms with Gasteiger partial charge in [0.05, 0.1) is 14.2 Å². The number of carbonyl (C=O) groups excluding carboxylic acids is 1. The quantitative estimate of drug-likeness (QED) is 0.337. The van der Waals surface area contributed by atoms with E-state index in [2.05, 4.69) is 9.62 Å². The largest absolute Gasteiger partial charge is 0.497 e. The molecule has 2 aromatic rings. The van der Waals surface area contributed by atoms with Gasteiger partial charge in [-0.25, -0.2) is 8.70 Å². The van der Waals surface area contributed by atoms with E-state index in [1.54, 1.807) is 31.2 Å². The molecule has 1 aliphatic heterocycles. The predicted molar refractivity (Wildman–Crippen MR) is 128 cm³/mol. The molecule has 1 heterocycles. The number of carbonyl (C=O) groups is 1. The minimum absolute atomic E-state index is 0.301. The van der Waals surface area contributed by atoms with Gasteiger partial charge in [-0.2, -0.15) is 0 Å². The van der Waals surface area contributed by atoms with Gasteiger partial charge in [0.25, 0.3) is 0 Å². The van der Waals surface area contributed by atoms with Crippen molar-refractivity contribution in [2.75, 3.05) is 32.6 Å². The van der Waals surface area contributed by atoms with Gasteiger partial charge in [-0.1, -0.05) is 6.07 Å². The number of nitrogens with zero attached hydrogens (tertiary/aromatic N) is 1. The first-order valence-electron chi connectivity index (χ1n) is 10.6. The summed E-state index contributed by atoms with van der Waals surface area (Å²) in [6.45, 7) is 1.23. The van der Waals surface area contributed by atoms with Crippen LogP contribution < -0.4 is 10.1 Å². The summed E-state index contributed by atoms with van der Waals surface area (Å²) in [6, 6.07) is 13.9. The lowest BCUT2D eigenvalue weighted by Crippen LogP contribution is -2.49. The number of hydrogen-bond donors (Lipinski definition) is 2. The highest BCUT2D eigenvalue weighted by Gasteiger charge is 2.49. The van der Waals surface area contributed by atoms with Crippen molar-refractivity contribution in [1.29, 1.82) is 5.41 Å². The smallest absolute Gasteiger partial charge is 0.317 e. The maximum Gasteiger partial charge on any atom is 0.317 e. The van der Waals surface area contributed by atoms with Gasteiger partial charge in [0.1, 0.15) is 17.0 Å². The third kappa shape index (κ3) is 4.82. The lowest BCUT2D eigenvalue weighted by atomic mass is 9.68. The third-order valence-corrected chi connectivity index (χ3v) is 7.03. The molecule has 172 valence electrons. The number of methoxy groups -OCH3 is 2. The lowest BCUT2D eigenvalue weighted by Gasteiger charge is -2.44. The first-order valence-corrected chi connectivity index (χ1v) is 11.4. The second-order valence-electron chi connectivity index (χ2n) is 8.02. The van der Waals surface area contributed by atoms with Crippen molar-refractivity contribution in [2.45, 2.75) is 17.7 Å². The summed E-state index contributed by atoms with van der Waals surface area (Å²) in [5.41, 5.74) is 2.28. The molecule has 0 bridgehead atoms. The molecule has 1 saturated heterocycles. The molecule has 0 amide bonds. The van der Waals surface area contributed by atoms with Crippen LogP contribution >= 0.6 is 11.9 Å². The van der Waals surface area contributed by atoms with Crippen molar-refractivity contribution >= 4 is 29.8 Å². The number of halogens is 1. The molecule has 1 fully saturated rings. The molecule has 33 heavy (non-hydrogen) atoms. The molecule has 0 spiro atoms. The molecule has 0 aromatic heterocycles. The molecule has 8 heteroatoms. The Balaban J connectivity index is 1.61. The van der Waals surface area contributed by atoms with E-state index in [4.69, 9.17) is 14.9 Å². The Labute approximate surface area is 197 Å². The fraction of sp³-hybridized carbons (Fsp3) is 0.280. The number of anilines is 1. The average molecular weight is 468 g/mol. The van der Waals surface area contributed by atoms with Crippen molar-refractivity contribution in [3.05, 3.63) is 77.3 Å². The number of rotatable bonds is 7. The summed E-state index contributed by atoms with van der Waals surface area (Å²) in [5, 5.41) is 11.3. The minimum atomic E-state index is -0.861. The van der Waals surface area contributed by atoms with Crippen LogP contribution in [0.1, 0.15) is 12.8 Å². The summed E-state index contributed by atoms with van der Waals surface area (Å²) in [4.78, 5) is 14.1. The van der Waals surface area contributed by atoms with Crippen LogP contribution in [0, 0.1) is 16.6 Å². The summed E-state index contributed by atoms with van der Waals surface area (Å²) in [7, 11) is 3.04. The second kappa shape index (κ2) is 9.80. The van der Waals surface area contributed by atoms with E-state index in [0.29, 0.717) is 25.0 Å². The van der Waals surface area contributed by atoms with Crippen molar-refractivity contribution in [1.82, 2.24) is 4.31 Å². The van der Waals surface area contributed by atoms with Crippen LogP contribution in [0.3, 0.4) is 0 Å². The van der Waals surface area contributed by atoms with Crippen LogP contribution in [0.2, 0.25) is 0 Å². The van der Waals surface area contributed by atoms with Crippen LogP contribution in [-0.4, -0.2) is 43.8 Å². The van der Waals surface area contributed by atoms with Gasteiger partial charge >= 0.3 is 5.97 Å². The minimum Gasteiger partial charge on any atom is -0.497 e. The van der Waals surface area contributed by atoms with Gasteiger partial charge < -0.3 is 20.2 Å². The van der Waals surface area contributed by atoms with Crippen molar-refractivity contribution in [2.24, 2.45) is 5.41 Å². The number of fused-ring (bicyclic) bond motifs is 1. The van der Waals surface area contributed by atoms with Crippen LogP contribution in [-0.2, 0) is 9.53 Å². The second-order valence-corrected chi connectivity index (χ2v) is 9.19. The first kappa shape index (κ1) is 23.1. The highest BCUT2D eigenvalue weighted by Crippen LogP contribution is 2.47. The van der Waals surface area contributed by atoms with Crippen LogP contribution in [0.25, 0.3) is 0 Å². The molecule has 0 saturated carbocycles. The Bertz CT molecular complexity index is 1120. The van der Waals surface area contributed by atoms with E-state index in [-0.39, 0.29) is 11.8 Å². The Morgan fingerprint density at radius 3 is 2.73 bits per heavy atom. The zero-order chi connectivity index (χ0) is 23.4. The number of piperidine rings is 1. The van der Waals surface area contributed by atoms with Gasteiger partial charge in [0, 0.05) is 35.6 Å². The van der Waals surface area contributed by atoms with Crippen LogP contribution in [0.15, 0.2) is 76.3 Å². The molecule has 1 atom stereocenters. The van der Waals surface area contributed by atoms with Gasteiger partial charge in [0.15, 0.2) is 0 Å². The van der Waals surface area contributed by atoms with E-state index in [9.17, 15) is 9.18 Å². The summed E-state index contributed by atoms with van der Waals surface area (Å²) in [5.74, 6) is 0.169. The number of benzene rings is 2. The molecule has 2 aromatic carbocycles. The maximum absolute atomic E-state index is 13.3. The van der Waals surface area contributed by atoms with Crippen LogP contribution in [0.5, 0.6) is 5.75 Å². The summed E-state index contributed by atoms with van der Waals surface area (Å²) < 4.78 is 26.0. The molecule has 6 nitrogen and oxygen atoms in total. The van der Waals surface area contributed by atoms with E-state index in [1.807, 2.05) is 30.3 Å². The SMILES string of the molecule is COC(=O)C12CC(C=N)=C(Nc3ccc(F)cc3)C=C1CCN(Sc1cccc(OC)c1)C2. The molecular formula is C25H26FN3O3S. The number of hydrogen-bond acceptors (Lipinski definition) is 7. The normalized spacial score (nSPS) is 20.5. The molecular weight excluding hydrogens is 441 g/mol. The summed E-state index contributed by atoms with van der Waals surface area (Å²) in [6.07, 6.45) is 4.27. The average Bonchev–Trinajstić information content (AvgIpc) is 2.84. The maximum atomic E-state index is 13.3. The van der Waals surface area contributed by atoms with Gasteiger partial charge in [0.2, 0.25) is 0 Å². The van der Waals surface area contributed by atoms with Crippen LogP contribution in [0.4, 0.5) is 10.1 Å². The number of esters is 1. The lowest BCUT2D eigenvalue weighted by molar-refractivity contribution is -0.151. The highest BCUT2D eigenvalue weighted by molar-refractivity contribution is 7.97. The monoisotopic (exact) mass is 467 g/mol. The zero-order valence-electron chi connectivity index (χ0n) is 18.6. The van der Waals surface area contributed by atoms with Crippen molar-refractivity contribution in [3.63, 3.8) is 0 Å². The Morgan fingerprint density at radius 2 is 2.03 bits per heavy atom. The summed E-state index contributed by atoms with van der Waals surface area (Å²) >= 11 is 1.58. The fourth-order valence-corrected chi connectivity index (χ4v) is 5.39. The van der Waals surface area contributed by atoms with Gasteiger partial charge in [-0.15, -0.1) is 0 Å². The predicted octanol–water partition coefficient (Wildman–Crippen LogP) is 5.05. The van der Waals surface area contributed by atoms with Crippen molar-refractivity contribution in [3.8, 4) is 5.75 Å². The highest BCUT2D eigenvalue weighted by atomic mass is 32.2. The molecule has 2 aliphatic rings. The number of nitrogens with one attached hydrogen (secondary N) is 2. The number of ether oxygens (including phenoxy) is 2. The third-order valence-electron chi connectivity index (χ3n) is 6.00. The molecule has 1 aliphatic carbocycles. The topological polar surface area (TPSA) is 74.7 Å². The molecule has 2 N–H and O–H groups in total. The van der Waals surface area contributed by atoms with Gasteiger partial charge in [-0.05, 0) is 84.5 Å². The Morgan fingerprint density at radius 1 is 1.24 bits per heavy atom. The Kier molecular flexibility index (Phi) is 6.85. The van der Waals surface area contributed by atoms with E-state index in [1.165, 1.54) is 25.5 Å². The number of allylic oxidation sites excluding steroid dienone is 2. The standard InChI is InChI=1S/C25H26FN3O3S/c1-31-21-4-3-5-22(13-21)33-29-11-10-18-12-23(28-20-8-6-19(26)7-9-20)17(15-27)14-25(18,16-29)24(30)32-2/h3-9,12-13,15,27-28H,10-11,14,16H2,1-2H3. The van der Waals surface area contributed by atoms with Gasteiger partial charge in [-0.3, -0.25) is 4.79 Å². The van der Waals surface area contributed by atoms with E-state index >= 15 is 0 Å². The van der Waals surface area contributed by atoms with Crippen molar-refractivity contribution < 1.29 is 18.7 Å². The fourth-order valence-electron chi connectivity index (χ4n) is 4.32. The Hall–Kier alpha value is -3.10. The molecule has 1 unspecified atom stereocenters. The van der Waals surface area contributed by atoms with E-state index in [0.717, 1.165) is 34.1 Å². The first-order chi connectivity index (χ1) is 16.0. The zero-order valence-corrected chi connectivity index (χ0v) is 19.4. The van der Waals surface area contributed by atoms with E-state index < -0.39 is 5.41 Å².